The van der Waals surface area contributed by atoms with Crippen LogP contribution in [-0.4, -0.2) is 35.6 Å². The van der Waals surface area contributed by atoms with E-state index in [2.05, 4.69) is 30.5 Å². The molecule has 0 fully saturated rings. The molecule has 0 aliphatic rings. The topological polar surface area (TPSA) is 101 Å². The summed E-state index contributed by atoms with van der Waals surface area (Å²) in [7, 11) is 0. The van der Waals surface area contributed by atoms with Gasteiger partial charge in [0.15, 0.2) is 0 Å². The molecule has 0 bridgehead atoms. The molecule has 4 rings (SSSR count). The van der Waals surface area contributed by atoms with Crippen LogP contribution in [0.25, 0.3) is 17.1 Å². The average Bonchev–Trinajstić information content (AvgIpc) is 3.36. The van der Waals surface area contributed by atoms with Gasteiger partial charge in [0.1, 0.15) is 18.5 Å². The van der Waals surface area contributed by atoms with E-state index < -0.39 is 0 Å². The molecule has 0 aliphatic heterocycles. The average molecular weight is 331 g/mol. The first kappa shape index (κ1) is 14.8. The van der Waals surface area contributed by atoms with E-state index >= 15 is 0 Å². The Hall–Kier alpha value is -3.81. The maximum absolute atomic E-state index is 12.5. The van der Waals surface area contributed by atoms with Crippen molar-refractivity contribution in [3.8, 4) is 17.1 Å². The first-order valence-electron chi connectivity index (χ1n) is 7.51. The van der Waals surface area contributed by atoms with Crippen molar-refractivity contribution in [1.29, 1.82) is 0 Å². The number of benzene rings is 1. The van der Waals surface area contributed by atoms with E-state index in [0.29, 0.717) is 17.1 Å². The molecule has 122 valence electrons. The van der Waals surface area contributed by atoms with Crippen LogP contribution in [0.4, 0.5) is 5.69 Å². The predicted molar refractivity (Wildman–Crippen MR) is 91.1 cm³/mol. The van der Waals surface area contributed by atoms with Crippen molar-refractivity contribution < 1.29 is 4.79 Å². The van der Waals surface area contributed by atoms with Gasteiger partial charge in [-0.3, -0.25) is 9.36 Å². The number of aromatic nitrogens is 6. The second-order valence-electron chi connectivity index (χ2n) is 5.27. The molecule has 2 N–H and O–H groups in total. The number of imidazole rings is 1. The summed E-state index contributed by atoms with van der Waals surface area (Å²) in [6.45, 7) is 0. The number of aromatic amines is 1. The minimum atomic E-state index is -0.224. The van der Waals surface area contributed by atoms with Gasteiger partial charge in [-0.15, -0.1) is 10.2 Å². The standard InChI is InChI=1S/C17H13N7O/c25-17(13-4-5-19-16(7-13)24-10-21-22-11-24)23-14-3-1-2-12(6-14)15-8-18-9-20-15/h1-11H,(H,18,20)(H,23,25). The molecule has 0 atom stereocenters. The number of anilines is 1. The molecule has 4 aromatic rings. The molecule has 25 heavy (non-hydrogen) atoms. The molecule has 1 aromatic carbocycles. The van der Waals surface area contributed by atoms with Crippen LogP contribution in [0.2, 0.25) is 0 Å². The van der Waals surface area contributed by atoms with Crippen LogP contribution < -0.4 is 5.32 Å². The van der Waals surface area contributed by atoms with Crippen molar-refractivity contribution in [2.45, 2.75) is 0 Å². The third-order valence-corrected chi connectivity index (χ3v) is 3.62. The normalized spacial score (nSPS) is 10.6. The summed E-state index contributed by atoms with van der Waals surface area (Å²) in [4.78, 5) is 23.8. The molecule has 1 amide bonds. The minimum absolute atomic E-state index is 0.224. The van der Waals surface area contributed by atoms with E-state index in [1.54, 1.807) is 35.4 Å². The Labute approximate surface area is 142 Å². The highest BCUT2D eigenvalue weighted by Gasteiger charge is 2.09. The highest BCUT2D eigenvalue weighted by Crippen LogP contribution is 2.20. The van der Waals surface area contributed by atoms with Gasteiger partial charge in [0, 0.05) is 23.0 Å². The van der Waals surface area contributed by atoms with Crippen LogP contribution in [0.5, 0.6) is 0 Å². The number of rotatable bonds is 4. The summed E-state index contributed by atoms with van der Waals surface area (Å²) in [5.74, 6) is 0.349. The number of carbonyl (C=O) groups excluding carboxylic acids is 1. The molecule has 0 unspecified atom stereocenters. The number of nitrogens with one attached hydrogen (secondary N) is 2. The maximum atomic E-state index is 12.5. The van der Waals surface area contributed by atoms with Crippen LogP contribution in [0.1, 0.15) is 10.4 Å². The summed E-state index contributed by atoms with van der Waals surface area (Å²) in [5, 5.41) is 10.4. The fraction of sp³-hybridized carbons (Fsp3) is 0. The van der Waals surface area contributed by atoms with Crippen molar-refractivity contribution in [2.24, 2.45) is 0 Å². The van der Waals surface area contributed by atoms with Gasteiger partial charge in [-0.05, 0) is 24.3 Å². The molecule has 3 aromatic heterocycles. The quantitative estimate of drug-likeness (QED) is 0.597. The third-order valence-electron chi connectivity index (χ3n) is 3.62. The van der Waals surface area contributed by atoms with E-state index in [1.165, 1.54) is 12.7 Å². The van der Waals surface area contributed by atoms with Gasteiger partial charge in [-0.25, -0.2) is 9.97 Å². The van der Waals surface area contributed by atoms with Crippen molar-refractivity contribution in [2.75, 3.05) is 5.32 Å². The zero-order chi connectivity index (χ0) is 17.1. The van der Waals surface area contributed by atoms with Gasteiger partial charge in [-0.2, -0.15) is 0 Å². The van der Waals surface area contributed by atoms with Gasteiger partial charge in [0.25, 0.3) is 5.91 Å². The van der Waals surface area contributed by atoms with E-state index in [-0.39, 0.29) is 5.91 Å². The number of hydrogen-bond donors (Lipinski definition) is 2. The lowest BCUT2D eigenvalue weighted by Gasteiger charge is -2.08. The number of nitrogens with zero attached hydrogens (tertiary/aromatic N) is 5. The van der Waals surface area contributed by atoms with Crippen molar-refractivity contribution in [3.05, 3.63) is 73.3 Å². The summed E-state index contributed by atoms with van der Waals surface area (Å²) in [5.41, 5.74) is 3.01. The van der Waals surface area contributed by atoms with Crippen LogP contribution >= 0.6 is 0 Å². The fourth-order valence-corrected chi connectivity index (χ4v) is 2.40. The number of amides is 1. The van der Waals surface area contributed by atoms with Crippen molar-refractivity contribution in [1.82, 2.24) is 29.7 Å². The maximum Gasteiger partial charge on any atom is 0.255 e. The molecule has 0 saturated heterocycles. The van der Waals surface area contributed by atoms with Crippen LogP contribution in [-0.2, 0) is 0 Å². The molecule has 0 radical (unpaired) electrons. The van der Waals surface area contributed by atoms with E-state index in [4.69, 9.17) is 0 Å². The Morgan fingerprint density at radius 2 is 2.00 bits per heavy atom. The zero-order valence-electron chi connectivity index (χ0n) is 13.0. The highest BCUT2D eigenvalue weighted by molar-refractivity contribution is 6.04. The Balaban J connectivity index is 1.57. The lowest BCUT2D eigenvalue weighted by molar-refractivity contribution is 0.102. The zero-order valence-corrected chi connectivity index (χ0v) is 13.0. The SMILES string of the molecule is O=C(Nc1cccc(-c2cnc[nH]2)c1)c1ccnc(-n2cnnc2)c1. The summed E-state index contributed by atoms with van der Waals surface area (Å²) < 4.78 is 1.63. The Morgan fingerprint density at radius 3 is 2.80 bits per heavy atom. The molecule has 8 nitrogen and oxygen atoms in total. The minimum Gasteiger partial charge on any atom is -0.345 e. The Kier molecular flexibility index (Phi) is 3.76. The fourth-order valence-electron chi connectivity index (χ4n) is 2.40. The molecule has 8 heteroatoms. The molecular weight excluding hydrogens is 318 g/mol. The van der Waals surface area contributed by atoms with Gasteiger partial charge in [0.05, 0.1) is 18.2 Å². The van der Waals surface area contributed by atoms with Gasteiger partial charge >= 0.3 is 0 Å². The first-order valence-corrected chi connectivity index (χ1v) is 7.51. The van der Waals surface area contributed by atoms with Crippen molar-refractivity contribution >= 4 is 11.6 Å². The first-order chi connectivity index (χ1) is 12.3. The summed E-state index contributed by atoms with van der Waals surface area (Å²) in [6.07, 6.45) is 7.97. The van der Waals surface area contributed by atoms with E-state index in [0.717, 1.165) is 11.3 Å². The largest absolute Gasteiger partial charge is 0.345 e. The second kappa shape index (κ2) is 6.36. The van der Waals surface area contributed by atoms with Crippen LogP contribution in [0.15, 0.2) is 67.8 Å². The Bertz CT molecular complexity index is 994. The third kappa shape index (κ3) is 3.13. The smallest absolute Gasteiger partial charge is 0.255 e. The van der Waals surface area contributed by atoms with Crippen LogP contribution in [0, 0.1) is 0 Å². The summed E-state index contributed by atoms with van der Waals surface area (Å²) in [6, 6.07) is 10.9. The molecule has 0 saturated carbocycles. The van der Waals surface area contributed by atoms with E-state index in [9.17, 15) is 4.79 Å². The number of H-pyrrole nitrogens is 1. The lowest BCUT2D eigenvalue weighted by Crippen LogP contribution is -2.12. The van der Waals surface area contributed by atoms with Crippen molar-refractivity contribution in [3.63, 3.8) is 0 Å². The lowest BCUT2D eigenvalue weighted by atomic mass is 10.1. The number of pyridine rings is 1. The highest BCUT2D eigenvalue weighted by atomic mass is 16.1. The van der Waals surface area contributed by atoms with Gasteiger partial charge in [-0.1, -0.05) is 12.1 Å². The van der Waals surface area contributed by atoms with Gasteiger partial charge in [0.2, 0.25) is 0 Å². The van der Waals surface area contributed by atoms with Gasteiger partial charge < -0.3 is 10.3 Å². The molecule has 0 spiro atoms. The summed E-state index contributed by atoms with van der Waals surface area (Å²) >= 11 is 0. The number of hydrogen-bond acceptors (Lipinski definition) is 5. The number of carbonyl (C=O) groups is 1. The predicted octanol–water partition coefficient (Wildman–Crippen LogP) is 2.30. The second-order valence-corrected chi connectivity index (χ2v) is 5.27. The molecule has 3 heterocycles. The Morgan fingerprint density at radius 1 is 1.12 bits per heavy atom. The van der Waals surface area contributed by atoms with E-state index in [1.807, 2.05) is 24.3 Å². The molecule has 0 aliphatic carbocycles. The van der Waals surface area contributed by atoms with Crippen LogP contribution in [0.3, 0.4) is 0 Å². The molecular formula is C17H13N7O. The monoisotopic (exact) mass is 331 g/mol.